The fraction of sp³-hybridized carbons (Fsp3) is 0.471. The summed E-state index contributed by atoms with van der Waals surface area (Å²) in [6, 6.07) is 4.05. The number of benzene rings is 1. The number of thioether (sulfide) groups is 1. The minimum absolute atomic E-state index is 0.0270. The van der Waals surface area contributed by atoms with Gasteiger partial charge in [-0.25, -0.2) is 0 Å². The molecule has 1 aromatic carbocycles. The number of hydrogen-bond donors (Lipinski definition) is 1. The van der Waals surface area contributed by atoms with Crippen molar-refractivity contribution in [1.29, 1.82) is 0 Å². The average Bonchev–Trinajstić information content (AvgIpc) is 2.92. The maximum atomic E-state index is 11.1. The Balaban J connectivity index is 2.00. The number of unbranched alkanes of at least 4 members (excludes halogenated alkanes) is 2. The van der Waals surface area contributed by atoms with Gasteiger partial charge in [0.15, 0.2) is 5.17 Å². The lowest BCUT2D eigenvalue weighted by Gasteiger charge is -2.10. The van der Waals surface area contributed by atoms with Gasteiger partial charge < -0.3 is 10.1 Å². The van der Waals surface area contributed by atoms with E-state index < -0.39 is 0 Å². The number of aryl methyl sites for hydroxylation is 2. The zero-order chi connectivity index (χ0) is 16.7. The maximum Gasteiger partial charge on any atom is 0.236 e. The first-order valence-corrected chi connectivity index (χ1v) is 8.86. The van der Waals surface area contributed by atoms with E-state index in [1.54, 1.807) is 6.21 Å². The number of rotatable bonds is 7. The second-order valence-electron chi connectivity index (χ2n) is 5.51. The van der Waals surface area contributed by atoms with Crippen LogP contribution < -0.4 is 10.1 Å². The first kappa shape index (κ1) is 17.5. The molecule has 0 spiro atoms. The Hall–Kier alpha value is -1.82. The predicted octanol–water partition coefficient (Wildman–Crippen LogP) is 3.43. The van der Waals surface area contributed by atoms with Gasteiger partial charge in [-0.1, -0.05) is 31.5 Å². The zero-order valence-corrected chi connectivity index (χ0v) is 14.7. The SMILES string of the molecule is CCCCCOc1cc(C)c(C=NN=C2NC(=O)CS2)c(C)c1. The highest BCUT2D eigenvalue weighted by Gasteiger charge is 2.16. The molecule has 23 heavy (non-hydrogen) atoms. The first-order valence-electron chi connectivity index (χ1n) is 7.88. The zero-order valence-electron chi connectivity index (χ0n) is 13.9. The van der Waals surface area contributed by atoms with Crippen molar-refractivity contribution in [2.45, 2.75) is 40.0 Å². The highest BCUT2D eigenvalue weighted by atomic mass is 32.2. The maximum absolute atomic E-state index is 11.1. The topological polar surface area (TPSA) is 63.1 Å². The number of hydrogen-bond acceptors (Lipinski definition) is 5. The summed E-state index contributed by atoms with van der Waals surface area (Å²) in [6.45, 7) is 7.00. The van der Waals surface area contributed by atoms with E-state index >= 15 is 0 Å². The van der Waals surface area contributed by atoms with E-state index in [-0.39, 0.29) is 5.91 Å². The van der Waals surface area contributed by atoms with Gasteiger partial charge in [0.05, 0.1) is 18.6 Å². The molecule has 0 bridgehead atoms. The van der Waals surface area contributed by atoms with Crippen molar-refractivity contribution < 1.29 is 9.53 Å². The third-order valence-corrected chi connectivity index (χ3v) is 4.37. The molecule has 0 atom stereocenters. The molecule has 0 radical (unpaired) electrons. The Morgan fingerprint density at radius 1 is 1.30 bits per heavy atom. The smallest absolute Gasteiger partial charge is 0.236 e. The number of nitrogens with zero attached hydrogens (tertiary/aromatic N) is 2. The third kappa shape index (κ3) is 5.39. The minimum Gasteiger partial charge on any atom is -0.494 e. The average molecular weight is 333 g/mol. The van der Waals surface area contributed by atoms with Gasteiger partial charge in [0, 0.05) is 5.56 Å². The number of nitrogens with one attached hydrogen (secondary N) is 1. The normalized spacial score (nSPS) is 16.3. The van der Waals surface area contributed by atoms with Gasteiger partial charge in [0.1, 0.15) is 5.75 Å². The second-order valence-corrected chi connectivity index (χ2v) is 6.48. The lowest BCUT2D eigenvalue weighted by atomic mass is 10.0. The molecule has 0 unspecified atom stereocenters. The summed E-state index contributed by atoms with van der Waals surface area (Å²) in [4.78, 5) is 11.1. The second kappa shape index (κ2) is 8.72. The van der Waals surface area contributed by atoms with Crippen molar-refractivity contribution in [1.82, 2.24) is 5.32 Å². The summed E-state index contributed by atoms with van der Waals surface area (Å²) in [5.41, 5.74) is 3.23. The number of ether oxygens (including phenoxy) is 1. The summed E-state index contributed by atoms with van der Waals surface area (Å²) in [7, 11) is 0. The molecule has 2 rings (SSSR count). The molecule has 124 valence electrons. The van der Waals surface area contributed by atoms with Crippen molar-refractivity contribution in [2.24, 2.45) is 10.2 Å². The lowest BCUT2D eigenvalue weighted by Crippen LogP contribution is -2.19. The Kier molecular flexibility index (Phi) is 6.65. The highest BCUT2D eigenvalue weighted by molar-refractivity contribution is 8.15. The van der Waals surface area contributed by atoms with Crippen LogP contribution in [0.5, 0.6) is 5.75 Å². The molecule has 0 aromatic heterocycles. The largest absolute Gasteiger partial charge is 0.494 e. The molecule has 0 aliphatic carbocycles. The molecule has 1 N–H and O–H groups in total. The van der Waals surface area contributed by atoms with Crippen LogP contribution in [-0.2, 0) is 4.79 Å². The monoisotopic (exact) mass is 333 g/mol. The predicted molar refractivity (Wildman–Crippen MR) is 96.6 cm³/mol. The number of amides is 1. The van der Waals surface area contributed by atoms with Crippen molar-refractivity contribution in [3.8, 4) is 5.75 Å². The Morgan fingerprint density at radius 2 is 2.04 bits per heavy atom. The van der Waals surface area contributed by atoms with Crippen LogP contribution in [0, 0.1) is 13.8 Å². The van der Waals surface area contributed by atoms with Gasteiger partial charge in [0.2, 0.25) is 5.91 Å². The van der Waals surface area contributed by atoms with Crippen LogP contribution in [0.2, 0.25) is 0 Å². The van der Waals surface area contributed by atoms with E-state index in [9.17, 15) is 4.79 Å². The number of amidine groups is 1. The van der Waals surface area contributed by atoms with E-state index in [1.807, 2.05) is 26.0 Å². The lowest BCUT2D eigenvalue weighted by molar-refractivity contribution is -0.116. The van der Waals surface area contributed by atoms with Crippen molar-refractivity contribution >= 4 is 29.1 Å². The van der Waals surface area contributed by atoms with Crippen LogP contribution in [0.25, 0.3) is 0 Å². The minimum atomic E-state index is -0.0270. The van der Waals surface area contributed by atoms with Gasteiger partial charge in [-0.3, -0.25) is 4.79 Å². The van der Waals surface area contributed by atoms with Gasteiger partial charge in [0.25, 0.3) is 0 Å². The fourth-order valence-electron chi connectivity index (χ4n) is 2.28. The Morgan fingerprint density at radius 3 is 2.65 bits per heavy atom. The van der Waals surface area contributed by atoms with Crippen LogP contribution in [0.1, 0.15) is 42.9 Å². The first-order chi connectivity index (χ1) is 11.1. The summed E-state index contributed by atoms with van der Waals surface area (Å²) in [5, 5.41) is 11.3. The van der Waals surface area contributed by atoms with Crippen molar-refractivity contribution in [2.75, 3.05) is 12.4 Å². The molecule has 0 saturated carbocycles. The van der Waals surface area contributed by atoms with Crippen molar-refractivity contribution in [3.63, 3.8) is 0 Å². The molecule has 1 fully saturated rings. The molecule has 1 aliphatic heterocycles. The Bertz CT molecular complexity index is 603. The van der Waals surface area contributed by atoms with E-state index in [1.165, 1.54) is 24.6 Å². The highest BCUT2D eigenvalue weighted by Crippen LogP contribution is 2.21. The van der Waals surface area contributed by atoms with E-state index in [0.717, 1.165) is 35.5 Å². The Labute approximate surface area is 141 Å². The van der Waals surface area contributed by atoms with Crippen LogP contribution in [0.4, 0.5) is 0 Å². The molecule has 1 amide bonds. The molecular formula is C17H23N3O2S. The third-order valence-electron chi connectivity index (χ3n) is 3.51. The van der Waals surface area contributed by atoms with Crippen LogP contribution in [0.15, 0.2) is 22.3 Å². The van der Waals surface area contributed by atoms with Gasteiger partial charge in [-0.05, 0) is 43.5 Å². The molecule has 5 nitrogen and oxygen atoms in total. The molecule has 6 heteroatoms. The van der Waals surface area contributed by atoms with E-state index in [2.05, 4.69) is 22.4 Å². The quantitative estimate of drug-likeness (QED) is 0.472. The number of carbonyl (C=O) groups is 1. The van der Waals surface area contributed by atoms with E-state index in [4.69, 9.17) is 4.74 Å². The molecule has 1 aliphatic rings. The summed E-state index contributed by atoms with van der Waals surface area (Å²) < 4.78 is 5.80. The molecular weight excluding hydrogens is 310 g/mol. The van der Waals surface area contributed by atoms with Crippen LogP contribution in [-0.4, -0.2) is 29.6 Å². The number of carbonyl (C=O) groups excluding carboxylic acids is 1. The van der Waals surface area contributed by atoms with Gasteiger partial charge in [-0.2, -0.15) is 5.10 Å². The van der Waals surface area contributed by atoms with Gasteiger partial charge >= 0.3 is 0 Å². The van der Waals surface area contributed by atoms with Crippen LogP contribution >= 0.6 is 11.8 Å². The van der Waals surface area contributed by atoms with E-state index in [0.29, 0.717) is 10.9 Å². The molecule has 1 heterocycles. The molecule has 1 saturated heterocycles. The van der Waals surface area contributed by atoms with Crippen molar-refractivity contribution in [3.05, 3.63) is 28.8 Å². The fourth-order valence-corrected chi connectivity index (χ4v) is 2.91. The standard InChI is InChI=1S/C17H23N3O2S/c1-4-5-6-7-22-14-8-12(2)15(13(3)9-14)10-18-20-17-19-16(21)11-23-17/h8-10H,4-7,11H2,1-3H3,(H,19,20,21). The van der Waals surface area contributed by atoms with Gasteiger partial charge in [-0.15, -0.1) is 5.10 Å². The van der Waals surface area contributed by atoms with Crippen LogP contribution in [0.3, 0.4) is 0 Å². The summed E-state index contributed by atoms with van der Waals surface area (Å²) >= 11 is 1.37. The summed E-state index contributed by atoms with van der Waals surface area (Å²) in [5.74, 6) is 1.29. The molecule has 1 aromatic rings. The summed E-state index contributed by atoms with van der Waals surface area (Å²) in [6.07, 6.45) is 5.19.